The summed E-state index contributed by atoms with van der Waals surface area (Å²) >= 11 is 6.27. The summed E-state index contributed by atoms with van der Waals surface area (Å²) in [7, 11) is -3.41. The van der Waals surface area contributed by atoms with Crippen LogP contribution >= 0.6 is 11.6 Å². The highest BCUT2D eigenvalue weighted by molar-refractivity contribution is 7.92. The lowest BCUT2D eigenvalue weighted by molar-refractivity contribution is 0.237. The first kappa shape index (κ1) is 23.9. The Hall–Kier alpha value is -2.24. The maximum absolute atomic E-state index is 13.6. The molecule has 4 rings (SSSR count). The highest BCUT2D eigenvalue weighted by Gasteiger charge is 2.39. The number of hydrogen-bond acceptors (Lipinski definition) is 4. The van der Waals surface area contributed by atoms with Crippen LogP contribution in [0.1, 0.15) is 45.7 Å². The SMILES string of the molecule is Cc1ccc(-c2ncc(Cl)cc2-c2ccc(S(=O)(=O)C3CC(C)CCC3C(C)C)cc2)cn1. The van der Waals surface area contributed by atoms with Crippen molar-refractivity contribution in [3.63, 3.8) is 0 Å². The van der Waals surface area contributed by atoms with E-state index in [4.69, 9.17) is 11.6 Å². The van der Waals surface area contributed by atoms with E-state index in [1.165, 1.54) is 0 Å². The zero-order valence-corrected chi connectivity index (χ0v) is 21.2. The van der Waals surface area contributed by atoms with Crippen LogP contribution in [0.25, 0.3) is 22.4 Å². The maximum atomic E-state index is 13.6. The Morgan fingerprint density at radius 1 is 0.970 bits per heavy atom. The van der Waals surface area contributed by atoms with Crippen LogP contribution in [0.4, 0.5) is 0 Å². The number of rotatable bonds is 5. The predicted octanol–water partition coefficient (Wildman–Crippen LogP) is 7.01. The molecule has 2 aromatic heterocycles. The Balaban J connectivity index is 1.70. The van der Waals surface area contributed by atoms with Crippen molar-refractivity contribution in [1.29, 1.82) is 0 Å². The zero-order valence-electron chi connectivity index (χ0n) is 19.6. The Morgan fingerprint density at radius 3 is 2.30 bits per heavy atom. The fraction of sp³-hybridized carbons (Fsp3) is 0.407. The Labute approximate surface area is 202 Å². The van der Waals surface area contributed by atoms with Gasteiger partial charge < -0.3 is 0 Å². The molecule has 1 aromatic carbocycles. The molecule has 6 heteroatoms. The van der Waals surface area contributed by atoms with Gasteiger partial charge in [0.1, 0.15) is 0 Å². The molecule has 33 heavy (non-hydrogen) atoms. The molecular weight excluding hydrogens is 452 g/mol. The molecule has 3 unspecified atom stereocenters. The molecule has 0 amide bonds. The molecule has 1 aliphatic carbocycles. The smallest absolute Gasteiger partial charge is 0.181 e. The second-order valence-electron chi connectivity index (χ2n) is 9.67. The fourth-order valence-corrected chi connectivity index (χ4v) is 7.48. The van der Waals surface area contributed by atoms with Crippen molar-refractivity contribution in [3.05, 3.63) is 65.6 Å². The van der Waals surface area contributed by atoms with Gasteiger partial charge in [0.05, 0.1) is 20.9 Å². The molecule has 3 atom stereocenters. The van der Waals surface area contributed by atoms with Gasteiger partial charge in [0.2, 0.25) is 0 Å². The molecule has 1 aliphatic rings. The van der Waals surface area contributed by atoms with E-state index in [9.17, 15) is 8.42 Å². The van der Waals surface area contributed by atoms with Crippen LogP contribution in [-0.2, 0) is 9.84 Å². The molecule has 0 aliphatic heterocycles. The van der Waals surface area contributed by atoms with Crippen LogP contribution < -0.4 is 0 Å². The van der Waals surface area contributed by atoms with Crippen LogP contribution in [0.5, 0.6) is 0 Å². The van der Waals surface area contributed by atoms with Crippen molar-refractivity contribution >= 4 is 21.4 Å². The van der Waals surface area contributed by atoms with E-state index in [1.807, 2.05) is 37.3 Å². The van der Waals surface area contributed by atoms with E-state index in [2.05, 4.69) is 30.7 Å². The molecule has 0 N–H and O–H groups in total. The highest BCUT2D eigenvalue weighted by Crippen LogP contribution is 2.40. The van der Waals surface area contributed by atoms with E-state index in [1.54, 1.807) is 24.5 Å². The Morgan fingerprint density at radius 2 is 1.67 bits per heavy atom. The Kier molecular flexibility index (Phi) is 6.92. The lowest BCUT2D eigenvalue weighted by Gasteiger charge is -2.36. The summed E-state index contributed by atoms with van der Waals surface area (Å²) < 4.78 is 27.3. The lowest BCUT2D eigenvalue weighted by atomic mass is 9.77. The summed E-state index contributed by atoms with van der Waals surface area (Å²) in [5.74, 6) is 0.977. The van der Waals surface area contributed by atoms with Crippen LogP contribution in [0.3, 0.4) is 0 Å². The fourth-order valence-electron chi connectivity index (χ4n) is 4.97. The first-order chi connectivity index (χ1) is 15.7. The largest absolute Gasteiger partial charge is 0.261 e. The summed E-state index contributed by atoms with van der Waals surface area (Å²) in [5.41, 5.74) is 4.31. The topological polar surface area (TPSA) is 59.9 Å². The third-order valence-corrected chi connectivity index (χ3v) is 9.37. The van der Waals surface area contributed by atoms with Gasteiger partial charge in [-0.05, 0) is 73.4 Å². The number of nitrogens with zero attached hydrogens (tertiary/aromatic N) is 2. The van der Waals surface area contributed by atoms with Crippen LogP contribution in [0.2, 0.25) is 5.02 Å². The molecule has 1 saturated carbocycles. The summed E-state index contributed by atoms with van der Waals surface area (Å²) in [4.78, 5) is 9.33. The first-order valence-corrected chi connectivity index (χ1v) is 13.5. The minimum absolute atomic E-state index is 0.198. The van der Waals surface area contributed by atoms with E-state index < -0.39 is 9.84 Å². The van der Waals surface area contributed by atoms with Crippen molar-refractivity contribution in [2.24, 2.45) is 17.8 Å². The summed E-state index contributed by atoms with van der Waals surface area (Å²) in [5, 5.41) is 0.204. The third-order valence-electron chi connectivity index (χ3n) is 6.89. The average molecular weight is 483 g/mol. The van der Waals surface area contributed by atoms with Crippen LogP contribution in [-0.4, -0.2) is 23.6 Å². The quantitative estimate of drug-likeness (QED) is 0.392. The van der Waals surface area contributed by atoms with Gasteiger partial charge in [-0.25, -0.2) is 8.42 Å². The third kappa shape index (κ3) is 4.99. The number of benzene rings is 1. The minimum atomic E-state index is -3.41. The number of halogens is 1. The van der Waals surface area contributed by atoms with Crippen molar-refractivity contribution in [2.45, 2.75) is 57.1 Å². The maximum Gasteiger partial charge on any atom is 0.181 e. The minimum Gasteiger partial charge on any atom is -0.261 e. The molecular formula is C27H31ClN2O2S. The monoisotopic (exact) mass is 482 g/mol. The number of aromatic nitrogens is 2. The number of pyridine rings is 2. The molecule has 2 heterocycles. The summed E-state index contributed by atoms with van der Waals surface area (Å²) in [6.07, 6.45) is 6.23. The van der Waals surface area contributed by atoms with Gasteiger partial charge >= 0.3 is 0 Å². The van der Waals surface area contributed by atoms with E-state index in [-0.39, 0.29) is 11.2 Å². The van der Waals surface area contributed by atoms with Gasteiger partial charge in [-0.1, -0.05) is 50.9 Å². The van der Waals surface area contributed by atoms with Crippen molar-refractivity contribution in [2.75, 3.05) is 0 Å². The molecule has 4 nitrogen and oxygen atoms in total. The Bertz CT molecular complexity index is 1220. The van der Waals surface area contributed by atoms with Crippen molar-refractivity contribution < 1.29 is 8.42 Å². The highest BCUT2D eigenvalue weighted by atomic mass is 35.5. The van der Waals surface area contributed by atoms with Crippen LogP contribution in [0, 0.1) is 24.7 Å². The van der Waals surface area contributed by atoms with Crippen molar-refractivity contribution in [1.82, 2.24) is 9.97 Å². The molecule has 0 saturated heterocycles. The van der Waals surface area contributed by atoms with Crippen LogP contribution in [0.15, 0.2) is 59.8 Å². The van der Waals surface area contributed by atoms with Crippen molar-refractivity contribution in [3.8, 4) is 22.4 Å². The molecule has 0 radical (unpaired) electrons. The first-order valence-electron chi connectivity index (χ1n) is 11.6. The van der Waals surface area contributed by atoms with Gasteiger partial charge in [0.25, 0.3) is 0 Å². The molecule has 0 bridgehead atoms. The van der Waals surface area contributed by atoms with E-state index in [0.717, 1.165) is 47.3 Å². The summed E-state index contributed by atoms with van der Waals surface area (Å²) in [6, 6.07) is 13.0. The molecule has 1 fully saturated rings. The predicted molar refractivity (Wildman–Crippen MR) is 135 cm³/mol. The van der Waals surface area contributed by atoms with Gasteiger partial charge in [0.15, 0.2) is 9.84 Å². The molecule has 174 valence electrons. The van der Waals surface area contributed by atoms with Gasteiger partial charge in [0, 0.05) is 29.2 Å². The molecule has 0 spiro atoms. The number of hydrogen-bond donors (Lipinski definition) is 0. The van der Waals surface area contributed by atoms with Gasteiger partial charge in [-0.3, -0.25) is 9.97 Å². The zero-order chi connectivity index (χ0) is 23.8. The van der Waals surface area contributed by atoms with Gasteiger partial charge in [-0.2, -0.15) is 0 Å². The lowest BCUT2D eigenvalue weighted by Crippen LogP contribution is -2.38. The van der Waals surface area contributed by atoms with E-state index in [0.29, 0.717) is 21.8 Å². The summed E-state index contributed by atoms with van der Waals surface area (Å²) in [6.45, 7) is 8.38. The number of sulfone groups is 1. The second-order valence-corrected chi connectivity index (χ2v) is 12.3. The average Bonchev–Trinajstić information content (AvgIpc) is 2.79. The second kappa shape index (κ2) is 9.55. The molecule has 3 aromatic rings. The standard InChI is InChI=1S/C27H31ClN2O2S/c1-17(2)24-12-5-18(3)13-26(24)33(31,32)23-10-8-20(9-11-23)25-14-22(28)16-30-27(25)21-7-6-19(4)29-15-21/h6-11,14-18,24,26H,5,12-13H2,1-4H3. The normalized spacial score (nSPS) is 21.3. The van der Waals surface area contributed by atoms with Gasteiger partial charge in [-0.15, -0.1) is 0 Å². The van der Waals surface area contributed by atoms with E-state index >= 15 is 0 Å². The number of aryl methyl sites for hydroxylation is 1.